The molecule has 0 aliphatic carbocycles. The van der Waals surface area contributed by atoms with Crippen LogP contribution in [0, 0.1) is 0 Å². The van der Waals surface area contributed by atoms with Crippen molar-refractivity contribution in [2.45, 2.75) is 32.6 Å². The Labute approximate surface area is 119 Å². The second-order valence-corrected chi connectivity index (χ2v) is 5.23. The largest absolute Gasteiger partial charge is 0.481 e. The third-order valence-corrected chi connectivity index (χ3v) is 3.16. The van der Waals surface area contributed by atoms with Gasteiger partial charge in [-0.15, -0.1) is 0 Å². The number of benzene rings is 1. The standard InChI is InChI=1S/C16H21NO3/c1-12(18)17-11-5-4-6-13-7-9-14(10-8-13)16(2,3)15(19)20/h4,6-10H,5,11H2,1-3H3,(H,17,18)(H,19,20). The zero-order valence-corrected chi connectivity index (χ0v) is 12.1. The van der Waals surface area contributed by atoms with Gasteiger partial charge in [0.05, 0.1) is 5.41 Å². The first-order valence-corrected chi connectivity index (χ1v) is 6.59. The van der Waals surface area contributed by atoms with Crippen molar-refractivity contribution < 1.29 is 14.7 Å². The van der Waals surface area contributed by atoms with Gasteiger partial charge in [-0.3, -0.25) is 9.59 Å². The molecule has 4 nitrogen and oxygen atoms in total. The Morgan fingerprint density at radius 2 is 1.85 bits per heavy atom. The monoisotopic (exact) mass is 275 g/mol. The van der Waals surface area contributed by atoms with Gasteiger partial charge in [-0.05, 0) is 31.4 Å². The van der Waals surface area contributed by atoms with E-state index in [-0.39, 0.29) is 5.91 Å². The topological polar surface area (TPSA) is 66.4 Å². The van der Waals surface area contributed by atoms with Gasteiger partial charge in [0.2, 0.25) is 5.91 Å². The summed E-state index contributed by atoms with van der Waals surface area (Å²) in [6.07, 6.45) is 4.70. The van der Waals surface area contributed by atoms with Crippen molar-refractivity contribution in [2.75, 3.05) is 6.54 Å². The van der Waals surface area contributed by atoms with Crippen LogP contribution in [0.4, 0.5) is 0 Å². The number of carboxylic acid groups (broad SMARTS) is 1. The number of aliphatic carboxylic acids is 1. The van der Waals surface area contributed by atoms with Gasteiger partial charge in [-0.2, -0.15) is 0 Å². The number of nitrogens with one attached hydrogen (secondary N) is 1. The molecule has 1 aromatic rings. The second-order valence-electron chi connectivity index (χ2n) is 5.23. The van der Waals surface area contributed by atoms with E-state index < -0.39 is 11.4 Å². The lowest BCUT2D eigenvalue weighted by Crippen LogP contribution is -2.28. The Morgan fingerprint density at radius 1 is 1.25 bits per heavy atom. The molecule has 0 radical (unpaired) electrons. The Kier molecular flexibility index (Phi) is 5.50. The van der Waals surface area contributed by atoms with E-state index in [1.54, 1.807) is 13.8 Å². The summed E-state index contributed by atoms with van der Waals surface area (Å²) < 4.78 is 0. The molecule has 0 aliphatic rings. The molecular weight excluding hydrogens is 254 g/mol. The van der Waals surface area contributed by atoms with Crippen LogP contribution in [-0.2, 0) is 15.0 Å². The minimum absolute atomic E-state index is 0.0290. The molecule has 0 fully saturated rings. The molecule has 0 atom stereocenters. The maximum Gasteiger partial charge on any atom is 0.313 e. The molecule has 0 unspecified atom stereocenters. The van der Waals surface area contributed by atoms with Crippen molar-refractivity contribution in [3.8, 4) is 0 Å². The van der Waals surface area contributed by atoms with Crippen LogP contribution in [0.25, 0.3) is 6.08 Å². The number of carboxylic acids is 1. The fourth-order valence-electron chi connectivity index (χ4n) is 1.69. The Bertz CT molecular complexity index is 501. The lowest BCUT2D eigenvalue weighted by molar-refractivity contribution is -0.142. The lowest BCUT2D eigenvalue weighted by Gasteiger charge is -2.19. The molecule has 0 aromatic heterocycles. The van der Waals surface area contributed by atoms with Gasteiger partial charge < -0.3 is 10.4 Å². The molecule has 0 saturated carbocycles. The maximum atomic E-state index is 11.2. The summed E-state index contributed by atoms with van der Waals surface area (Å²) in [7, 11) is 0. The quantitative estimate of drug-likeness (QED) is 0.784. The van der Waals surface area contributed by atoms with E-state index in [2.05, 4.69) is 5.32 Å². The molecule has 1 aromatic carbocycles. The van der Waals surface area contributed by atoms with E-state index in [4.69, 9.17) is 5.11 Å². The minimum Gasteiger partial charge on any atom is -0.481 e. The normalized spacial score (nSPS) is 11.6. The van der Waals surface area contributed by atoms with Gasteiger partial charge in [0, 0.05) is 13.5 Å². The van der Waals surface area contributed by atoms with Gasteiger partial charge in [0.1, 0.15) is 0 Å². The van der Waals surface area contributed by atoms with Crippen LogP contribution >= 0.6 is 0 Å². The first-order valence-electron chi connectivity index (χ1n) is 6.59. The molecule has 1 amide bonds. The third-order valence-electron chi connectivity index (χ3n) is 3.16. The maximum absolute atomic E-state index is 11.2. The van der Waals surface area contributed by atoms with Crippen LogP contribution in [0.3, 0.4) is 0 Å². The van der Waals surface area contributed by atoms with Crippen molar-refractivity contribution in [1.82, 2.24) is 5.32 Å². The molecular formula is C16H21NO3. The summed E-state index contributed by atoms with van der Waals surface area (Å²) in [5.74, 6) is -0.866. The number of amides is 1. The lowest BCUT2D eigenvalue weighted by atomic mass is 9.84. The van der Waals surface area contributed by atoms with Crippen LogP contribution in [-0.4, -0.2) is 23.5 Å². The molecule has 20 heavy (non-hydrogen) atoms. The summed E-state index contributed by atoms with van der Waals surface area (Å²) in [5, 5.41) is 11.9. The van der Waals surface area contributed by atoms with Crippen LogP contribution < -0.4 is 5.32 Å². The van der Waals surface area contributed by atoms with E-state index in [9.17, 15) is 9.59 Å². The molecule has 0 spiro atoms. The van der Waals surface area contributed by atoms with E-state index in [0.29, 0.717) is 6.54 Å². The minimum atomic E-state index is -0.881. The highest BCUT2D eigenvalue weighted by atomic mass is 16.4. The van der Waals surface area contributed by atoms with Crippen molar-refractivity contribution in [2.24, 2.45) is 0 Å². The number of carbonyl (C=O) groups excluding carboxylic acids is 1. The van der Waals surface area contributed by atoms with E-state index in [0.717, 1.165) is 17.5 Å². The predicted molar refractivity (Wildman–Crippen MR) is 79.4 cm³/mol. The average molecular weight is 275 g/mol. The van der Waals surface area contributed by atoms with Gasteiger partial charge in [-0.25, -0.2) is 0 Å². The zero-order valence-electron chi connectivity index (χ0n) is 12.1. The van der Waals surface area contributed by atoms with Crippen LogP contribution in [0.1, 0.15) is 38.3 Å². The van der Waals surface area contributed by atoms with Crippen LogP contribution in [0.15, 0.2) is 30.3 Å². The first-order chi connectivity index (χ1) is 9.34. The smallest absolute Gasteiger partial charge is 0.313 e. The number of hydrogen-bond donors (Lipinski definition) is 2. The van der Waals surface area contributed by atoms with Crippen LogP contribution in [0.2, 0.25) is 0 Å². The van der Waals surface area contributed by atoms with Crippen molar-refractivity contribution in [3.05, 3.63) is 41.5 Å². The van der Waals surface area contributed by atoms with E-state index >= 15 is 0 Å². The highest BCUT2D eigenvalue weighted by Gasteiger charge is 2.28. The van der Waals surface area contributed by atoms with Gasteiger partial charge in [0.25, 0.3) is 0 Å². The van der Waals surface area contributed by atoms with E-state index in [1.807, 2.05) is 36.4 Å². The van der Waals surface area contributed by atoms with Gasteiger partial charge in [-0.1, -0.05) is 36.4 Å². The molecule has 0 saturated heterocycles. The Balaban J connectivity index is 2.61. The molecule has 1 rings (SSSR count). The SMILES string of the molecule is CC(=O)NCCC=Cc1ccc(C(C)(C)C(=O)O)cc1. The molecule has 0 aliphatic heterocycles. The highest BCUT2D eigenvalue weighted by molar-refractivity contribution is 5.80. The summed E-state index contributed by atoms with van der Waals surface area (Å²) in [6.45, 7) is 5.49. The first kappa shape index (κ1) is 16.0. The summed E-state index contributed by atoms with van der Waals surface area (Å²) in [5.41, 5.74) is 0.909. The fraction of sp³-hybridized carbons (Fsp3) is 0.375. The summed E-state index contributed by atoms with van der Waals surface area (Å²) >= 11 is 0. The number of hydrogen-bond acceptors (Lipinski definition) is 2. The predicted octanol–water partition coefficient (Wildman–Crippen LogP) is 2.59. The highest BCUT2D eigenvalue weighted by Crippen LogP contribution is 2.23. The van der Waals surface area contributed by atoms with Crippen molar-refractivity contribution in [3.63, 3.8) is 0 Å². The van der Waals surface area contributed by atoms with Crippen molar-refractivity contribution >= 4 is 18.0 Å². The van der Waals surface area contributed by atoms with Gasteiger partial charge >= 0.3 is 5.97 Å². The van der Waals surface area contributed by atoms with Gasteiger partial charge in [0.15, 0.2) is 0 Å². The summed E-state index contributed by atoms with van der Waals surface area (Å²) in [4.78, 5) is 21.8. The molecule has 0 heterocycles. The molecule has 2 N–H and O–H groups in total. The number of carbonyl (C=O) groups is 2. The Morgan fingerprint density at radius 3 is 2.35 bits per heavy atom. The molecule has 4 heteroatoms. The number of rotatable bonds is 6. The van der Waals surface area contributed by atoms with Crippen molar-refractivity contribution in [1.29, 1.82) is 0 Å². The summed E-state index contributed by atoms with van der Waals surface area (Å²) in [6, 6.07) is 7.47. The Hall–Kier alpha value is -2.10. The van der Waals surface area contributed by atoms with E-state index in [1.165, 1.54) is 6.92 Å². The fourth-order valence-corrected chi connectivity index (χ4v) is 1.69. The van der Waals surface area contributed by atoms with Crippen LogP contribution in [0.5, 0.6) is 0 Å². The zero-order chi connectivity index (χ0) is 15.2. The molecule has 0 bridgehead atoms. The molecule has 108 valence electrons. The second kappa shape index (κ2) is 6.89. The average Bonchev–Trinajstić information content (AvgIpc) is 2.38. The third kappa shape index (κ3) is 4.53.